The first-order chi connectivity index (χ1) is 8.83. The maximum absolute atomic E-state index is 5.84. The first kappa shape index (κ1) is 10.8. The van der Waals surface area contributed by atoms with E-state index < -0.39 is 0 Å². The van der Waals surface area contributed by atoms with Crippen LogP contribution in [0.4, 0.5) is 0 Å². The molecule has 1 heterocycles. The summed E-state index contributed by atoms with van der Waals surface area (Å²) in [6, 6.07) is 17.8. The van der Waals surface area contributed by atoms with E-state index in [1.165, 1.54) is 0 Å². The van der Waals surface area contributed by atoms with Crippen LogP contribution in [0.5, 0.6) is 5.75 Å². The molecule has 0 saturated carbocycles. The first-order valence-corrected chi connectivity index (χ1v) is 5.99. The Hall–Kier alpha value is -2.29. The van der Waals surface area contributed by atoms with E-state index in [9.17, 15) is 0 Å². The topological polar surface area (TPSA) is 37.9 Å². The molecule has 90 valence electrons. The Balaban J connectivity index is 1.86. The average Bonchev–Trinajstić information content (AvgIpc) is 2.84. The van der Waals surface area contributed by atoms with Gasteiger partial charge in [-0.2, -0.15) is 0 Å². The van der Waals surface area contributed by atoms with Crippen molar-refractivity contribution in [3.8, 4) is 5.75 Å². The molecular weight excluding hydrogens is 224 g/mol. The molecule has 0 aliphatic rings. The van der Waals surface area contributed by atoms with E-state index in [1.807, 2.05) is 61.5 Å². The Kier molecular flexibility index (Phi) is 2.73. The van der Waals surface area contributed by atoms with Gasteiger partial charge in [-0.15, -0.1) is 0 Å². The molecule has 0 fully saturated rings. The lowest BCUT2D eigenvalue weighted by molar-refractivity contribution is 0.218. The highest BCUT2D eigenvalue weighted by Gasteiger charge is 2.11. The summed E-state index contributed by atoms with van der Waals surface area (Å²) < 4.78 is 5.84. The van der Waals surface area contributed by atoms with Crippen molar-refractivity contribution in [2.24, 2.45) is 0 Å². The van der Waals surface area contributed by atoms with Crippen LogP contribution in [-0.4, -0.2) is 9.97 Å². The van der Waals surface area contributed by atoms with Gasteiger partial charge >= 0.3 is 0 Å². The molecular formula is C15H14N2O. The van der Waals surface area contributed by atoms with Gasteiger partial charge in [-0.3, -0.25) is 0 Å². The number of nitrogens with zero attached hydrogens (tertiary/aromatic N) is 1. The van der Waals surface area contributed by atoms with Crippen LogP contribution >= 0.6 is 0 Å². The standard InChI is InChI=1S/C15H14N2O/c1-11(18-12-7-3-2-4-8-12)15-16-13-9-5-6-10-14(13)17-15/h2-11H,1H3,(H,16,17). The van der Waals surface area contributed by atoms with Crippen LogP contribution in [0, 0.1) is 0 Å². The zero-order valence-corrected chi connectivity index (χ0v) is 10.1. The molecule has 3 nitrogen and oxygen atoms in total. The van der Waals surface area contributed by atoms with Crippen molar-refractivity contribution in [1.29, 1.82) is 0 Å². The molecule has 1 unspecified atom stereocenters. The third-order valence-corrected chi connectivity index (χ3v) is 2.85. The van der Waals surface area contributed by atoms with Crippen molar-refractivity contribution >= 4 is 11.0 Å². The highest BCUT2D eigenvalue weighted by molar-refractivity contribution is 5.74. The summed E-state index contributed by atoms with van der Waals surface area (Å²) in [5, 5.41) is 0. The number of imidazole rings is 1. The molecule has 0 saturated heterocycles. The smallest absolute Gasteiger partial charge is 0.153 e. The molecule has 0 radical (unpaired) electrons. The summed E-state index contributed by atoms with van der Waals surface area (Å²) in [5.74, 6) is 1.70. The lowest BCUT2D eigenvalue weighted by atomic mass is 10.3. The van der Waals surface area contributed by atoms with Crippen molar-refractivity contribution in [3.05, 3.63) is 60.4 Å². The molecule has 1 aromatic heterocycles. The van der Waals surface area contributed by atoms with Gasteiger partial charge in [0, 0.05) is 0 Å². The number of para-hydroxylation sites is 3. The fourth-order valence-corrected chi connectivity index (χ4v) is 1.92. The fourth-order valence-electron chi connectivity index (χ4n) is 1.92. The van der Waals surface area contributed by atoms with Crippen molar-refractivity contribution < 1.29 is 4.74 Å². The summed E-state index contributed by atoms with van der Waals surface area (Å²) in [7, 11) is 0. The maximum Gasteiger partial charge on any atom is 0.153 e. The number of nitrogens with one attached hydrogen (secondary N) is 1. The van der Waals surface area contributed by atoms with Gasteiger partial charge in [-0.25, -0.2) is 4.98 Å². The van der Waals surface area contributed by atoms with Gasteiger partial charge in [0.2, 0.25) is 0 Å². The number of rotatable bonds is 3. The SMILES string of the molecule is CC(Oc1ccccc1)c1nc2ccccc2[nH]1. The molecule has 18 heavy (non-hydrogen) atoms. The lowest BCUT2D eigenvalue weighted by Crippen LogP contribution is -2.04. The number of H-pyrrole nitrogens is 1. The van der Waals surface area contributed by atoms with Gasteiger partial charge in [-0.05, 0) is 31.2 Å². The Labute approximate surface area is 105 Å². The second kappa shape index (κ2) is 4.53. The van der Waals surface area contributed by atoms with E-state index in [0.29, 0.717) is 0 Å². The highest BCUT2D eigenvalue weighted by atomic mass is 16.5. The highest BCUT2D eigenvalue weighted by Crippen LogP contribution is 2.21. The van der Waals surface area contributed by atoms with E-state index in [2.05, 4.69) is 9.97 Å². The van der Waals surface area contributed by atoms with Crippen LogP contribution in [0.2, 0.25) is 0 Å². The van der Waals surface area contributed by atoms with Gasteiger partial charge in [0.25, 0.3) is 0 Å². The molecule has 2 aromatic carbocycles. The van der Waals surface area contributed by atoms with E-state index in [4.69, 9.17) is 4.74 Å². The average molecular weight is 238 g/mol. The zero-order valence-electron chi connectivity index (χ0n) is 10.1. The molecule has 3 heteroatoms. The van der Waals surface area contributed by atoms with Crippen molar-refractivity contribution in [2.45, 2.75) is 13.0 Å². The minimum absolute atomic E-state index is 0.0974. The summed E-state index contributed by atoms with van der Waals surface area (Å²) in [6.45, 7) is 1.99. The van der Waals surface area contributed by atoms with E-state index >= 15 is 0 Å². The van der Waals surface area contributed by atoms with Gasteiger partial charge in [0.1, 0.15) is 11.6 Å². The van der Waals surface area contributed by atoms with E-state index in [-0.39, 0.29) is 6.10 Å². The van der Waals surface area contributed by atoms with E-state index in [1.54, 1.807) is 0 Å². The first-order valence-electron chi connectivity index (χ1n) is 5.99. The molecule has 0 amide bonds. The van der Waals surface area contributed by atoms with Gasteiger partial charge < -0.3 is 9.72 Å². The molecule has 1 atom stereocenters. The zero-order chi connectivity index (χ0) is 12.4. The largest absolute Gasteiger partial charge is 0.483 e. The molecule has 0 aliphatic heterocycles. The van der Waals surface area contributed by atoms with Gasteiger partial charge in [0.15, 0.2) is 6.10 Å². The van der Waals surface area contributed by atoms with Crippen molar-refractivity contribution in [2.75, 3.05) is 0 Å². The Bertz CT molecular complexity index is 613. The second-order valence-corrected chi connectivity index (χ2v) is 4.21. The molecule has 0 spiro atoms. The third kappa shape index (κ3) is 2.07. The minimum atomic E-state index is -0.0974. The number of aromatic nitrogens is 2. The summed E-state index contributed by atoms with van der Waals surface area (Å²) in [5.41, 5.74) is 2.01. The van der Waals surface area contributed by atoms with E-state index in [0.717, 1.165) is 22.6 Å². The van der Waals surface area contributed by atoms with Crippen LogP contribution in [-0.2, 0) is 0 Å². The fraction of sp³-hybridized carbons (Fsp3) is 0.133. The van der Waals surface area contributed by atoms with Crippen LogP contribution in [0.3, 0.4) is 0 Å². The van der Waals surface area contributed by atoms with Gasteiger partial charge in [-0.1, -0.05) is 30.3 Å². The molecule has 1 N–H and O–H groups in total. The minimum Gasteiger partial charge on any atom is -0.483 e. The lowest BCUT2D eigenvalue weighted by Gasteiger charge is -2.11. The van der Waals surface area contributed by atoms with Crippen molar-refractivity contribution in [1.82, 2.24) is 9.97 Å². The predicted octanol–water partition coefficient (Wildman–Crippen LogP) is 3.70. The number of fused-ring (bicyclic) bond motifs is 1. The quantitative estimate of drug-likeness (QED) is 0.755. The second-order valence-electron chi connectivity index (χ2n) is 4.21. The Morgan fingerprint density at radius 3 is 2.50 bits per heavy atom. The third-order valence-electron chi connectivity index (χ3n) is 2.85. The summed E-state index contributed by atoms with van der Waals surface area (Å²) in [6.07, 6.45) is -0.0974. The van der Waals surface area contributed by atoms with Crippen LogP contribution < -0.4 is 4.74 Å². The molecule has 3 aromatic rings. The number of ether oxygens (including phenoxy) is 1. The number of benzene rings is 2. The number of hydrogen-bond donors (Lipinski definition) is 1. The number of hydrogen-bond acceptors (Lipinski definition) is 2. The molecule has 3 rings (SSSR count). The van der Waals surface area contributed by atoms with Crippen LogP contribution in [0.15, 0.2) is 54.6 Å². The monoisotopic (exact) mass is 238 g/mol. The summed E-state index contributed by atoms with van der Waals surface area (Å²) >= 11 is 0. The van der Waals surface area contributed by atoms with Crippen molar-refractivity contribution in [3.63, 3.8) is 0 Å². The molecule has 0 bridgehead atoms. The number of aromatic amines is 1. The van der Waals surface area contributed by atoms with Crippen LogP contribution in [0.25, 0.3) is 11.0 Å². The molecule has 0 aliphatic carbocycles. The Morgan fingerprint density at radius 2 is 1.72 bits per heavy atom. The predicted molar refractivity (Wildman–Crippen MR) is 71.6 cm³/mol. The van der Waals surface area contributed by atoms with Gasteiger partial charge in [0.05, 0.1) is 11.0 Å². The normalized spacial score (nSPS) is 12.5. The Morgan fingerprint density at radius 1 is 1.00 bits per heavy atom. The summed E-state index contributed by atoms with van der Waals surface area (Å²) in [4.78, 5) is 7.81. The van der Waals surface area contributed by atoms with Crippen LogP contribution in [0.1, 0.15) is 18.9 Å². The maximum atomic E-state index is 5.84.